The highest BCUT2D eigenvalue weighted by atomic mass is 16.6. The Labute approximate surface area is 175 Å². The number of rotatable bonds is 5. The second-order valence-corrected chi connectivity index (χ2v) is 12.1. The molecule has 0 aromatic rings. The Morgan fingerprint density at radius 3 is 2.24 bits per heavy atom. The fourth-order valence-electron chi connectivity index (χ4n) is 8.86. The molecule has 4 heteroatoms. The van der Waals surface area contributed by atoms with Gasteiger partial charge in [-0.1, -0.05) is 34.6 Å². The van der Waals surface area contributed by atoms with Gasteiger partial charge in [0.1, 0.15) is 5.60 Å². The SMILES string of the molecule is CCC1(OC(=O)COC(=O)C2(C(C)(C)C)CC2C)CC2CC1C1C3CCC(C3)C21. The number of carbonyl (C=O) groups excluding carboxylic acids is 2. The standard InChI is InChI=1S/C25H38O4/c1-6-24(12-17-10-18(24)21-16-8-7-15(9-16)20(17)21)29-19(26)13-28-22(27)25(11-14(25)2)23(3,4)5/h14-18,20-21H,6-13H2,1-5H3. The van der Waals surface area contributed by atoms with Crippen LogP contribution in [0.25, 0.3) is 0 Å². The van der Waals surface area contributed by atoms with E-state index in [9.17, 15) is 9.59 Å². The van der Waals surface area contributed by atoms with E-state index < -0.39 is 5.41 Å². The molecule has 0 aromatic carbocycles. The van der Waals surface area contributed by atoms with Gasteiger partial charge in [-0.05, 0) is 85.9 Å². The molecule has 5 rings (SSSR count). The quantitative estimate of drug-likeness (QED) is 0.480. The second-order valence-electron chi connectivity index (χ2n) is 12.1. The van der Waals surface area contributed by atoms with Crippen molar-refractivity contribution in [2.24, 2.45) is 52.3 Å². The Balaban J connectivity index is 1.23. The highest BCUT2D eigenvalue weighted by molar-refractivity contribution is 5.84. The summed E-state index contributed by atoms with van der Waals surface area (Å²) in [5.74, 6) is 4.51. The Bertz CT molecular complexity index is 723. The minimum Gasteiger partial charge on any atom is -0.456 e. The topological polar surface area (TPSA) is 52.6 Å². The monoisotopic (exact) mass is 402 g/mol. The number of fused-ring (bicyclic) bond motifs is 9. The molecule has 0 aliphatic heterocycles. The van der Waals surface area contributed by atoms with Gasteiger partial charge in [0.25, 0.3) is 0 Å². The third kappa shape index (κ3) is 2.62. The first-order valence-corrected chi connectivity index (χ1v) is 12.0. The molecule has 5 saturated carbocycles. The Morgan fingerprint density at radius 1 is 1.00 bits per heavy atom. The highest BCUT2D eigenvalue weighted by Crippen LogP contribution is 2.71. The van der Waals surface area contributed by atoms with Gasteiger partial charge in [-0.3, -0.25) is 4.79 Å². The molecule has 5 aliphatic carbocycles. The third-order valence-electron chi connectivity index (χ3n) is 10.1. The first-order chi connectivity index (χ1) is 13.6. The molecule has 0 amide bonds. The number of hydrogen-bond acceptors (Lipinski definition) is 4. The smallest absolute Gasteiger partial charge is 0.344 e. The molecule has 0 aromatic heterocycles. The number of ether oxygens (including phenoxy) is 2. The van der Waals surface area contributed by atoms with Crippen molar-refractivity contribution in [2.45, 2.75) is 85.2 Å². The second kappa shape index (κ2) is 6.23. The lowest BCUT2D eigenvalue weighted by Crippen LogP contribution is -2.48. The van der Waals surface area contributed by atoms with Crippen LogP contribution in [-0.2, 0) is 19.1 Å². The van der Waals surface area contributed by atoms with E-state index in [4.69, 9.17) is 9.47 Å². The lowest BCUT2D eigenvalue weighted by molar-refractivity contribution is -0.183. The number of esters is 2. The Hall–Kier alpha value is -1.06. The molecule has 5 aliphatic rings. The molecule has 0 radical (unpaired) electrons. The summed E-state index contributed by atoms with van der Waals surface area (Å²) in [4.78, 5) is 25.6. The van der Waals surface area contributed by atoms with Crippen LogP contribution in [0.1, 0.15) is 79.6 Å². The van der Waals surface area contributed by atoms with Gasteiger partial charge in [-0.2, -0.15) is 0 Å². The van der Waals surface area contributed by atoms with E-state index in [0.717, 1.165) is 48.9 Å². The number of carbonyl (C=O) groups is 2. The largest absolute Gasteiger partial charge is 0.456 e. The molecule has 0 N–H and O–H groups in total. The van der Waals surface area contributed by atoms with Crippen molar-refractivity contribution in [1.82, 2.24) is 0 Å². The van der Waals surface area contributed by atoms with E-state index in [-0.39, 0.29) is 29.6 Å². The molecular weight excluding hydrogens is 364 g/mol. The molecule has 162 valence electrons. The highest BCUT2D eigenvalue weighted by Gasteiger charge is 2.68. The molecule has 0 saturated heterocycles. The normalized spacial score (nSPS) is 49.2. The summed E-state index contributed by atoms with van der Waals surface area (Å²) in [5.41, 5.74) is -0.910. The van der Waals surface area contributed by atoms with E-state index in [2.05, 4.69) is 34.6 Å². The van der Waals surface area contributed by atoms with Crippen LogP contribution in [0.3, 0.4) is 0 Å². The van der Waals surface area contributed by atoms with Gasteiger partial charge >= 0.3 is 11.9 Å². The maximum atomic E-state index is 12.8. The summed E-state index contributed by atoms with van der Waals surface area (Å²) in [6.07, 6.45) is 8.23. The van der Waals surface area contributed by atoms with E-state index in [1.807, 2.05) is 0 Å². The van der Waals surface area contributed by atoms with Crippen molar-refractivity contribution in [3.05, 3.63) is 0 Å². The maximum Gasteiger partial charge on any atom is 0.344 e. The number of hydrogen-bond donors (Lipinski definition) is 0. The molecule has 0 heterocycles. The van der Waals surface area contributed by atoms with Crippen LogP contribution in [0, 0.1) is 52.3 Å². The van der Waals surface area contributed by atoms with Crippen LogP contribution in [0.2, 0.25) is 0 Å². The third-order valence-corrected chi connectivity index (χ3v) is 10.1. The van der Waals surface area contributed by atoms with Crippen LogP contribution in [0.15, 0.2) is 0 Å². The Kier molecular flexibility index (Phi) is 4.27. The molecule has 0 spiro atoms. The summed E-state index contributed by atoms with van der Waals surface area (Å²) in [5, 5.41) is 0. The maximum absolute atomic E-state index is 12.8. The van der Waals surface area contributed by atoms with Crippen molar-refractivity contribution < 1.29 is 19.1 Å². The van der Waals surface area contributed by atoms with Crippen LogP contribution in [0.4, 0.5) is 0 Å². The predicted molar refractivity (Wildman–Crippen MR) is 110 cm³/mol. The van der Waals surface area contributed by atoms with E-state index >= 15 is 0 Å². The summed E-state index contributed by atoms with van der Waals surface area (Å²) < 4.78 is 11.7. The van der Waals surface area contributed by atoms with Crippen LogP contribution < -0.4 is 0 Å². The molecular formula is C25H38O4. The van der Waals surface area contributed by atoms with Crippen molar-refractivity contribution >= 4 is 11.9 Å². The van der Waals surface area contributed by atoms with Gasteiger partial charge in [0.05, 0.1) is 5.41 Å². The van der Waals surface area contributed by atoms with E-state index in [1.165, 1.54) is 25.7 Å². The van der Waals surface area contributed by atoms with Crippen molar-refractivity contribution in [3.8, 4) is 0 Å². The van der Waals surface area contributed by atoms with Gasteiger partial charge in [0.15, 0.2) is 6.61 Å². The minimum atomic E-state index is -0.446. The lowest BCUT2D eigenvalue weighted by Gasteiger charge is -2.45. The average molecular weight is 403 g/mol. The van der Waals surface area contributed by atoms with Crippen molar-refractivity contribution in [3.63, 3.8) is 0 Å². The molecule has 4 bridgehead atoms. The summed E-state index contributed by atoms with van der Waals surface area (Å²) in [7, 11) is 0. The van der Waals surface area contributed by atoms with Crippen molar-refractivity contribution in [1.29, 1.82) is 0 Å². The van der Waals surface area contributed by atoms with Gasteiger partial charge in [0.2, 0.25) is 0 Å². The van der Waals surface area contributed by atoms with Crippen molar-refractivity contribution in [2.75, 3.05) is 6.61 Å². The zero-order valence-electron chi connectivity index (χ0n) is 18.8. The fourth-order valence-corrected chi connectivity index (χ4v) is 8.86. The van der Waals surface area contributed by atoms with Gasteiger partial charge in [0, 0.05) is 5.92 Å². The zero-order valence-corrected chi connectivity index (χ0v) is 18.8. The molecule has 29 heavy (non-hydrogen) atoms. The van der Waals surface area contributed by atoms with Gasteiger partial charge in [-0.15, -0.1) is 0 Å². The van der Waals surface area contributed by atoms with Crippen LogP contribution in [-0.4, -0.2) is 24.1 Å². The van der Waals surface area contributed by atoms with E-state index in [1.54, 1.807) is 0 Å². The van der Waals surface area contributed by atoms with Gasteiger partial charge < -0.3 is 9.47 Å². The Morgan fingerprint density at radius 2 is 1.66 bits per heavy atom. The zero-order chi connectivity index (χ0) is 20.8. The minimum absolute atomic E-state index is 0.153. The summed E-state index contributed by atoms with van der Waals surface area (Å²) >= 11 is 0. The fraction of sp³-hybridized carbons (Fsp3) is 0.920. The predicted octanol–water partition coefficient (Wildman–Crippen LogP) is 5.00. The molecule has 9 atom stereocenters. The first kappa shape index (κ1) is 19.9. The average Bonchev–Trinajstić information content (AvgIpc) is 3.12. The lowest BCUT2D eigenvalue weighted by atomic mass is 9.65. The van der Waals surface area contributed by atoms with Crippen LogP contribution >= 0.6 is 0 Å². The molecule has 5 fully saturated rings. The van der Waals surface area contributed by atoms with Gasteiger partial charge in [-0.25, -0.2) is 4.79 Å². The first-order valence-electron chi connectivity index (χ1n) is 12.0. The molecule has 9 unspecified atom stereocenters. The van der Waals surface area contributed by atoms with E-state index in [0.29, 0.717) is 11.8 Å². The summed E-state index contributed by atoms with van der Waals surface area (Å²) in [6, 6.07) is 0. The molecule has 4 nitrogen and oxygen atoms in total. The summed E-state index contributed by atoms with van der Waals surface area (Å²) in [6.45, 7) is 10.3. The van der Waals surface area contributed by atoms with Crippen LogP contribution in [0.5, 0.6) is 0 Å².